The highest BCUT2D eigenvalue weighted by Crippen LogP contribution is 2.11. The van der Waals surface area contributed by atoms with Crippen molar-refractivity contribution in [3.63, 3.8) is 0 Å². The molecule has 0 aromatic heterocycles. The molecule has 3 heteroatoms. The van der Waals surface area contributed by atoms with Gasteiger partial charge in [0.05, 0.1) is 6.61 Å². The SMILES string of the molecule is CCCCCCCC(CN)N(CC)CCOC. The Hall–Kier alpha value is -0.120. The second-order valence-corrected chi connectivity index (χ2v) is 4.71. The number of hydrogen-bond acceptors (Lipinski definition) is 3. The topological polar surface area (TPSA) is 38.5 Å². The number of hydrogen-bond donors (Lipinski definition) is 1. The van der Waals surface area contributed by atoms with Gasteiger partial charge in [-0.1, -0.05) is 46.0 Å². The summed E-state index contributed by atoms with van der Waals surface area (Å²) >= 11 is 0. The van der Waals surface area contributed by atoms with Crippen molar-refractivity contribution >= 4 is 0 Å². The predicted molar refractivity (Wildman–Crippen MR) is 75.3 cm³/mol. The van der Waals surface area contributed by atoms with Gasteiger partial charge in [-0.2, -0.15) is 0 Å². The second-order valence-electron chi connectivity index (χ2n) is 4.71. The van der Waals surface area contributed by atoms with Gasteiger partial charge < -0.3 is 10.5 Å². The lowest BCUT2D eigenvalue weighted by Crippen LogP contribution is -2.42. The zero-order chi connectivity index (χ0) is 12.9. The molecule has 0 aliphatic carbocycles. The van der Waals surface area contributed by atoms with E-state index in [1.807, 2.05) is 0 Å². The minimum absolute atomic E-state index is 0.539. The van der Waals surface area contributed by atoms with Crippen molar-refractivity contribution in [2.24, 2.45) is 5.73 Å². The summed E-state index contributed by atoms with van der Waals surface area (Å²) in [6.07, 6.45) is 7.96. The molecule has 1 unspecified atom stereocenters. The average Bonchev–Trinajstić information content (AvgIpc) is 2.36. The molecule has 0 saturated heterocycles. The first-order chi connectivity index (χ1) is 8.29. The van der Waals surface area contributed by atoms with Crippen molar-refractivity contribution in [1.29, 1.82) is 0 Å². The highest BCUT2D eigenvalue weighted by molar-refractivity contribution is 4.71. The minimum Gasteiger partial charge on any atom is -0.383 e. The fraction of sp³-hybridized carbons (Fsp3) is 1.00. The Kier molecular flexibility index (Phi) is 12.3. The molecule has 0 aliphatic rings. The van der Waals surface area contributed by atoms with E-state index in [1.54, 1.807) is 7.11 Å². The molecular formula is C14H32N2O. The van der Waals surface area contributed by atoms with E-state index in [-0.39, 0.29) is 0 Å². The Bertz CT molecular complexity index is 153. The largest absolute Gasteiger partial charge is 0.383 e. The monoisotopic (exact) mass is 244 g/mol. The number of unbranched alkanes of at least 4 members (excludes halogenated alkanes) is 4. The summed E-state index contributed by atoms with van der Waals surface area (Å²) in [5.74, 6) is 0. The van der Waals surface area contributed by atoms with Crippen LogP contribution in [-0.2, 0) is 4.74 Å². The summed E-state index contributed by atoms with van der Waals surface area (Å²) < 4.78 is 5.14. The number of nitrogens with zero attached hydrogens (tertiary/aromatic N) is 1. The van der Waals surface area contributed by atoms with E-state index >= 15 is 0 Å². The fourth-order valence-corrected chi connectivity index (χ4v) is 2.24. The molecule has 1 atom stereocenters. The van der Waals surface area contributed by atoms with Gasteiger partial charge in [-0.25, -0.2) is 0 Å². The van der Waals surface area contributed by atoms with Crippen molar-refractivity contribution in [3.05, 3.63) is 0 Å². The highest BCUT2D eigenvalue weighted by Gasteiger charge is 2.14. The smallest absolute Gasteiger partial charge is 0.0589 e. The summed E-state index contributed by atoms with van der Waals surface area (Å²) in [5, 5.41) is 0. The van der Waals surface area contributed by atoms with E-state index < -0.39 is 0 Å². The molecule has 0 heterocycles. The molecule has 3 nitrogen and oxygen atoms in total. The van der Waals surface area contributed by atoms with Gasteiger partial charge >= 0.3 is 0 Å². The molecule has 0 saturated carbocycles. The zero-order valence-corrected chi connectivity index (χ0v) is 12.1. The van der Waals surface area contributed by atoms with Gasteiger partial charge in [-0.05, 0) is 13.0 Å². The summed E-state index contributed by atoms with van der Waals surface area (Å²) in [6.45, 7) is 8.11. The lowest BCUT2D eigenvalue weighted by atomic mass is 10.1. The first kappa shape index (κ1) is 16.9. The molecule has 0 amide bonds. The molecule has 104 valence electrons. The highest BCUT2D eigenvalue weighted by atomic mass is 16.5. The molecular weight excluding hydrogens is 212 g/mol. The van der Waals surface area contributed by atoms with Gasteiger partial charge in [-0.15, -0.1) is 0 Å². The van der Waals surface area contributed by atoms with Crippen LogP contribution in [0, 0.1) is 0 Å². The number of rotatable bonds is 12. The van der Waals surface area contributed by atoms with E-state index in [1.165, 1.54) is 38.5 Å². The third-order valence-electron chi connectivity index (χ3n) is 3.42. The predicted octanol–water partition coefficient (Wildman–Crippen LogP) is 2.64. The molecule has 0 bridgehead atoms. The van der Waals surface area contributed by atoms with Crippen LogP contribution in [0.1, 0.15) is 52.4 Å². The summed E-state index contributed by atoms with van der Waals surface area (Å²) in [6, 6.07) is 0.539. The van der Waals surface area contributed by atoms with Gasteiger partial charge in [0.1, 0.15) is 0 Å². The lowest BCUT2D eigenvalue weighted by molar-refractivity contribution is 0.121. The van der Waals surface area contributed by atoms with Crippen LogP contribution in [0.25, 0.3) is 0 Å². The van der Waals surface area contributed by atoms with Crippen molar-refractivity contribution < 1.29 is 4.74 Å². The Labute approximate surface area is 108 Å². The van der Waals surface area contributed by atoms with Crippen molar-refractivity contribution in [2.45, 2.75) is 58.4 Å². The van der Waals surface area contributed by atoms with Gasteiger partial charge in [0.15, 0.2) is 0 Å². The maximum absolute atomic E-state index is 5.88. The fourth-order valence-electron chi connectivity index (χ4n) is 2.24. The van der Waals surface area contributed by atoms with Gasteiger partial charge in [0, 0.05) is 26.2 Å². The lowest BCUT2D eigenvalue weighted by Gasteiger charge is -2.29. The second kappa shape index (κ2) is 12.3. The third-order valence-corrected chi connectivity index (χ3v) is 3.42. The molecule has 0 radical (unpaired) electrons. The van der Waals surface area contributed by atoms with Crippen LogP contribution in [0.4, 0.5) is 0 Å². The van der Waals surface area contributed by atoms with Gasteiger partial charge in [0.2, 0.25) is 0 Å². The van der Waals surface area contributed by atoms with E-state index in [0.717, 1.165) is 26.2 Å². The first-order valence-corrected chi connectivity index (χ1v) is 7.23. The van der Waals surface area contributed by atoms with Crippen LogP contribution in [-0.4, -0.2) is 44.3 Å². The van der Waals surface area contributed by atoms with Crippen molar-refractivity contribution in [3.8, 4) is 0 Å². The number of likely N-dealkylation sites (N-methyl/N-ethyl adjacent to an activating group) is 1. The van der Waals surface area contributed by atoms with E-state index in [9.17, 15) is 0 Å². The maximum Gasteiger partial charge on any atom is 0.0589 e. The molecule has 0 aliphatic heterocycles. The minimum atomic E-state index is 0.539. The Morgan fingerprint density at radius 2 is 1.82 bits per heavy atom. The van der Waals surface area contributed by atoms with Gasteiger partial charge in [-0.3, -0.25) is 4.90 Å². The van der Waals surface area contributed by atoms with Crippen LogP contribution in [0.5, 0.6) is 0 Å². The van der Waals surface area contributed by atoms with Crippen LogP contribution in [0.15, 0.2) is 0 Å². The molecule has 17 heavy (non-hydrogen) atoms. The normalized spacial score (nSPS) is 13.2. The van der Waals surface area contributed by atoms with E-state index in [0.29, 0.717) is 6.04 Å². The van der Waals surface area contributed by atoms with Crippen LogP contribution >= 0.6 is 0 Å². The Morgan fingerprint density at radius 1 is 1.12 bits per heavy atom. The van der Waals surface area contributed by atoms with Crippen LogP contribution in [0.2, 0.25) is 0 Å². The maximum atomic E-state index is 5.88. The number of nitrogens with two attached hydrogens (primary N) is 1. The average molecular weight is 244 g/mol. The molecule has 0 aromatic rings. The van der Waals surface area contributed by atoms with E-state index in [4.69, 9.17) is 10.5 Å². The van der Waals surface area contributed by atoms with Crippen molar-refractivity contribution in [2.75, 3.05) is 33.4 Å². The van der Waals surface area contributed by atoms with Crippen LogP contribution < -0.4 is 5.73 Å². The standard InChI is InChI=1S/C14H32N2O/c1-4-6-7-8-9-10-14(13-15)16(5-2)11-12-17-3/h14H,4-13,15H2,1-3H3. The Morgan fingerprint density at radius 3 is 2.35 bits per heavy atom. The molecule has 0 fully saturated rings. The zero-order valence-electron chi connectivity index (χ0n) is 12.1. The molecule has 0 aromatic carbocycles. The molecule has 0 rings (SSSR count). The number of ether oxygens (including phenoxy) is 1. The summed E-state index contributed by atoms with van der Waals surface area (Å²) in [4.78, 5) is 2.45. The Balaban J connectivity index is 3.77. The molecule has 0 spiro atoms. The first-order valence-electron chi connectivity index (χ1n) is 7.23. The van der Waals surface area contributed by atoms with Crippen LogP contribution in [0.3, 0.4) is 0 Å². The summed E-state index contributed by atoms with van der Waals surface area (Å²) in [5.41, 5.74) is 5.88. The van der Waals surface area contributed by atoms with E-state index in [2.05, 4.69) is 18.7 Å². The number of methoxy groups -OCH3 is 1. The third kappa shape index (κ3) is 8.58. The van der Waals surface area contributed by atoms with Crippen molar-refractivity contribution in [1.82, 2.24) is 4.90 Å². The summed E-state index contributed by atoms with van der Waals surface area (Å²) in [7, 11) is 1.76. The quantitative estimate of drug-likeness (QED) is 0.536. The van der Waals surface area contributed by atoms with Gasteiger partial charge in [0.25, 0.3) is 0 Å². The molecule has 2 N–H and O–H groups in total.